The highest BCUT2D eigenvalue weighted by Gasteiger charge is 2.82. The molecule has 6 atom stereocenters. The van der Waals surface area contributed by atoms with E-state index in [0.717, 1.165) is 40.0 Å². The molecule has 8 nitrogen and oxygen atoms in total. The van der Waals surface area contributed by atoms with Crippen molar-refractivity contribution in [3.05, 3.63) is 29.8 Å². The van der Waals surface area contributed by atoms with Crippen LogP contribution < -0.4 is 15.4 Å². The zero-order valence-corrected chi connectivity index (χ0v) is 18.8. The first-order valence-corrected chi connectivity index (χ1v) is 12.8. The Balaban J connectivity index is 1.14. The highest BCUT2D eigenvalue weighted by Crippen LogP contribution is 2.84. The Labute approximate surface area is 190 Å². The average Bonchev–Trinajstić information content (AvgIpc) is 3.23. The summed E-state index contributed by atoms with van der Waals surface area (Å²) in [4.78, 5) is 25.0. The van der Waals surface area contributed by atoms with Gasteiger partial charge in [-0.05, 0) is 67.4 Å². The van der Waals surface area contributed by atoms with Gasteiger partial charge in [0, 0.05) is 25.2 Å². The molecule has 0 aromatic heterocycles. The topological polar surface area (TPSA) is 113 Å². The summed E-state index contributed by atoms with van der Waals surface area (Å²) in [7, 11) is -4.06. The number of hydrogen-bond donors (Lipinski definition) is 2. The van der Waals surface area contributed by atoms with Gasteiger partial charge in [-0.1, -0.05) is 0 Å². The van der Waals surface area contributed by atoms with Gasteiger partial charge in [0.05, 0.1) is 17.6 Å². The lowest BCUT2D eigenvalue weighted by Crippen LogP contribution is -2.73. The summed E-state index contributed by atoms with van der Waals surface area (Å²) in [6, 6.07) is 2.90. The van der Waals surface area contributed by atoms with Crippen molar-refractivity contribution in [2.75, 3.05) is 23.9 Å². The number of primary amides is 1. The van der Waals surface area contributed by atoms with E-state index < -0.39 is 27.3 Å². The molecule has 4 aliphatic carbocycles. The number of rotatable bonds is 5. The van der Waals surface area contributed by atoms with Crippen molar-refractivity contribution in [3.63, 3.8) is 0 Å². The lowest BCUT2D eigenvalue weighted by molar-refractivity contribution is -0.205. The van der Waals surface area contributed by atoms with Gasteiger partial charge in [-0.3, -0.25) is 13.9 Å². The molecule has 1 spiro atoms. The summed E-state index contributed by atoms with van der Waals surface area (Å²) in [5.74, 6) is -1.74. The minimum absolute atomic E-state index is 0.0270. The summed E-state index contributed by atoms with van der Waals surface area (Å²) in [5.41, 5.74) is 5.45. The van der Waals surface area contributed by atoms with Crippen LogP contribution in [0, 0.1) is 40.2 Å². The van der Waals surface area contributed by atoms with Crippen LogP contribution in [0.4, 0.5) is 14.5 Å². The molecule has 5 fully saturated rings. The Bertz CT molecular complexity index is 1180. The number of nitrogens with zero attached hydrogens (tertiary/aromatic N) is 2. The van der Waals surface area contributed by atoms with Crippen LogP contribution in [0.3, 0.4) is 0 Å². The fourth-order valence-corrected chi connectivity index (χ4v) is 9.51. The van der Waals surface area contributed by atoms with Gasteiger partial charge in [0.2, 0.25) is 11.8 Å². The molecule has 3 N–H and O–H groups in total. The third-order valence-electron chi connectivity index (χ3n) is 9.17. The molecule has 11 heteroatoms. The second kappa shape index (κ2) is 6.65. The molecule has 0 radical (unpaired) electrons. The first-order chi connectivity index (χ1) is 15.6. The van der Waals surface area contributed by atoms with Gasteiger partial charge in [-0.15, -0.1) is 0 Å². The molecule has 5 aliphatic rings. The van der Waals surface area contributed by atoms with E-state index in [0.29, 0.717) is 24.7 Å². The minimum atomic E-state index is -4.06. The molecule has 1 aromatic carbocycles. The average molecular weight is 481 g/mol. The Morgan fingerprint density at radius 2 is 1.94 bits per heavy atom. The van der Waals surface area contributed by atoms with E-state index >= 15 is 0 Å². The largest absolute Gasteiger partial charge is 0.369 e. The van der Waals surface area contributed by atoms with Gasteiger partial charge in [-0.25, -0.2) is 8.78 Å². The third-order valence-corrected chi connectivity index (χ3v) is 11.1. The first-order valence-electron chi connectivity index (χ1n) is 11.4. The van der Waals surface area contributed by atoms with Crippen molar-refractivity contribution in [1.29, 1.82) is 0 Å². The SMILES string of the molecule is NC(=O)C12CC3CC4C(NC(=O)CN5CCCN(c6ccc(F)c(F)c6)S5(=O)=O)C(C1)C34C2. The fraction of sp³-hybridized carbons (Fsp3) is 0.636. The van der Waals surface area contributed by atoms with Crippen LogP contribution in [0.15, 0.2) is 18.2 Å². The summed E-state index contributed by atoms with van der Waals surface area (Å²) >= 11 is 0. The van der Waals surface area contributed by atoms with Crippen LogP contribution in [0.5, 0.6) is 0 Å². The smallest absolute Gasteiger partial charge is 0.304 e. The van der Waals surface area contributed by atoms with E-state index in [4.69, 9.17) is 5.73 Å². The molecule has 4 saturated carbocycles. The molecular weight excluding hydrogens is 454 g/mol. The molecular formula is C22H26F2N4O4S. The molecule has 178 valence electrons. The highest BCUT2D eigenvalue weighted by molar-refractivity contribution is 7.90. The Hall–Kier alpha value is -2.27. The number of hydrogen-bond acceptors (Lipinski definition) is 4. The lowest BCUT2D eigenvalue weighted by Gasteiger charge is -2.70. The number of amides is 2. The van der Waals surface area contributed by atoms with Gasteiger partial charge in [-0.2, -0.15) is 12.7 Å². The predicted octanol–water partition coefficient (Wildman–Crippen LogP) is 1.13. The Morgan fingerprint density at radius 1 is 1.15 bits per heavy atom. The van der Waals surface area contributed by atoms with Crippen molar-refractivity contribution in [2.24, 2.45) is 34.3 Å². The lowest BCUT2D eigenvalue weighted by atomic mass is 9.36. The third kappa shape index (κ3) is 2.66. The highest BCUT2D eigenvalue weighted by atomic mass is 32.2. The van der Waals surface area contributed by atoms with Crippen molar-refractivity contribution < 1.29 is 26.8 Å². The van der Waals surface area contributed by atoms with Crippen LogP contribution in [-0.2, 0) is 19.8 Å². The molecule has 1 aliphatic heterocycles. The van der Waals surface area contributed by atoms with Gasteiger partial charge in [0.1, 0.15) is 0 Å². The van der Waals surface area contributed by atoms with Crippen LogP contribution in [0.2, 0.25) is 0 Å². The number of carbonyl (C=O) groups excluding carboxylic acids is 2. The van der Waals surface area contributed by atoms with Gasteiger partial charge < -0.3 is 11.1 Å². The second-order valence-corrected chi connectivity index (χ2v) is 12.3. The minimum Gasteiger partial charge on any atom is -0.369 e. The number of anilines is 1. The summed E-state index contributed by atoms with van der Waals surface area (Å²) in [6.45, 7) is -0.0441. The number of carbonyl (C=O) groups is 2. The van der Waals surface area contributed by atoms with Crippen LogP contribution >= 0.6 is 0 Å². The quantitative estimate of drug-likeness (QED) is 0.658. The fourth-order valence-electron chi connectivity index (χ4n) is 7.85. The maximum atomic E-state index is 13.7. The number of benzene rings is 1. The normalized spacial score (nSPS) is 40.0. The Kier molecular flexibility index (Phi) is 4.29. The molecule has 2 bridgehead atoms. The number of nitrogens with two attached hydrogens (primary N) is 1. The second-order valence-electron chi connectivity index (χ2n) is 10.4. The van der Waals surface area contributed by atoms with Gasteiger partial charge in [0.25, 0.3) is 0 Å². The van der Waals surface area contributed by atoms with E-state index in [1.807, 2.05) is 0 Å². The van der Waals surface area contributed by atoms with Crippen molar-refractivity contribution >= 4 is 27.7 Å². The van der Waals surface area contributed by atoms with Crippen molar-refractivity contribution in [2.45, 2.75) is 38.1 Å². The van der Waals surface area contributed by atoms with Crippen LogP contribution in [-0.4, -0.2) is 50.2 Å². The predicted molar refractivity (Wildman–Crippen MR) is 114 cm³/mol. The summed E-state index contributed by atoms with van der Waals surface area (Å²) < 4.78 is 55.2. The number of fused-ring (bicyclic) bond motifs is 1. The molecule has 1 saturated heterocycles. The van der Waals surface area contributed by atoms with E-state index in [-0.39, 0.29) is 54.5 Å². The van der Waals surface area contributed by atoms with Gasteiger partial charge >= 0.3 is 10.2 Å². The zero-order chi connectivity index (χ0) is 23.3. The van der Waals surface area contributed by atoms with Crippen molar-refractivity contribution in [3.8, 4) is 0 Å². The molecule has 33 heavy (non-hydrogen) atoms. The molecule has 6 rings (SSSR count). The molecule has 1 heterocycles. The molecule has 2 amide bonds. The number of halogens is 2. The van der Waals surface area contributed by atoms with Crippen LogP contribution in [0.25, 0.3) is 0 Å². The molecule has 6 unspecified atom stereocenters. The summed E-state index contributed by atoms with van der Waals surface area (Å²) in [6.07, 6.45) is 3.81. The first kappa shape index (κ1) is 21.3. The van der Waals surface area contributed by atoms with E-state index in [1.165, 1.54) is 6.07 Å². The van der Waals surface area contributed by atoms with E-state index in [9.17, 15) is 26.8 Å². The molecule has 1 aromatic rings. The van der Waals surface area contributed by atoms with E-state index in [2.05, 4.69) is 5.32 Å². The van der Waals surface area contributed by atoms with Crippen molar-refractivity contribution in [1.82, 2.24) is 9.62 Å². The van der Waals surface area contributed by atoms with E-state index in [1.54, 1.807) is 0 Å². The maximum absolute atomic E-state index is 13.7. The van der Waals surface area contributed by atoms with Gasteiger partial charge in [0.15, 0.2) is 11.6 Å². The standard InChI is InChI=1S/C22H26F2N4O4S/c23-16-3-2-13(7-17(16)24)28-5-1-4-27(33(28,31)32)10-18(29)26-19-14-6-12-8-21(20(25)30)9-15(19)22(12,14)11-21/h2-3,7,12,14-15,19H,1,4-6,8-11H2,(H2,25,30)(H,26,29). The number of nitrogens with one attached hydrogen (secondary N) is 1. The summed E-state index contributed by atoms with van der Waals surface area (Å²) in [5, 5.41) is 3.04. The maximum Gasteiger partial charge on any atom is 0.304 e. The van der Waals surface area contributed by atoms with Crippen LogP contribution in [0.1, 0.15) is 32.1 Å². The monoisotopic (exact) mass is 480 g/mol. The zero-order valence-electron chi connectivity index (χ0n) is 18.0. The Morgan fingerprint density at radius 3 is 2.67 bits per heavy atom.